The molecule has 0 saturated carbocycles. The van der Waals surface area contributed by atoms with Gasteiger partial charge in [0.25, 0.3) is 0 Å². The summed E-state index contributed by atoms with van der Waals surface area (Å²) in [6.07, 6.45) is 0. The number of rotatable bonds is 5. The quantitative estimate of drug-likeness (QED) is 0.704. The molecule has 0 aliphatic rings. The molecule has 1 aromatic heterocycles. The third-order valence-corrected chi connectivity index (χ3v) is 5.54. The SMILES string of the molecule is COc1cccc(CN(C)S(=O)(=O)c2cccc3nn(C)nc23)c1. The fourth-order valence-electron chi connectivity index (χ4n) is 2.50. The van der Waals surface area contributed by atoms with Crippen molar-refractivity contribution in [3.8, 4) is 5.75 Å². The Hall–Kier alpha value is -2.45. The number of ether oxygens (including phenoxy) is 1. The lowest BCUT2D eigenvalue weighted by Crippen LogP contribution is -2.26. The van der Waals surface area contributed by atoms with Crippen LogP contribution in [0.4, 0.5) is 0 Å². The molecule has 0 fully saturated rings. The Balaban J connectivity index is 1.96. The summed E-state index contributed by atoms with van der Waals surface area (Å²) in [4.78, 5) is 1.52. The molecule has 0 unspecified atom stereocenters. The van der Waals surface area contributed by atoms with Crippen LogP contribution in [0.1, 0.15) is 5.56 Å². The molecule has 126 valence electrons. The number of benzene rings is 2. The lowest BCUT2D eigenvalue weighted by molar-refractivity contribution is 0.412. The van der Waals surface area contributed by atoms with Gasteiger partial charge in [0.05, 0.1) is 7.11 Å². The molecule has 0 aliphatic heterocycles. The first-order chi connectivity index (χ1) is 11.4. The van der Waals surface area contributed by atoms with Crippen LogP contribution in [-0.4, -0.2) is 41.9 Å². The molecular formula is C16H18N4O3S. The number of aromatic nitrogens is 3. The van der Waals surface area contributed by atoms with Crippen molar-refractivity contribution in [2.24, 2.45) is 7.05 Å². The summed E-state index contributed by atoms with van der Waals surface area (Å²) < 4.78 is 32.3. The molecule has 7 nitrogen and oxygen atoms in total. The van der Waals surface area contributed by atoms with E-state index in [-0.39, 0.29) is 11.4 Å². The van der Waals surface area contributed by atoms with E-state index in [9.17, 15) is 8.42 Å². The van der Waals surface area contributed by atoms with E-state index in [1.165, 1.54) is 9.10 Å². The van der Waals surface area contributed by atoms with Gasteiger partial charge in [-0.1, -0.05) is 18.2 Å². The maximum absolute atomic E-state index is 12.9. The van der Waals surface area contributed by atoms with Crippen molar-refractivity contribution in [3.05, 3.63) is 48.0 Å². The number of nitrogens with zero attached hydrogens (tertiary/aromatic N) is 4. The highest BCUT2D eigenvalue weighted by Crippen LogP contribution is 2.24. The van der Waals surface area contributed by atoms with E-state index >= 15 is 0 Å². The predicted molar refractivity (Wildman–Crippen MR) is 90.2 cm³/mol. The van der Waals surface area contributed by atoms with Crippen LogP contribution >= 0.6 is 0 Å². The van der Waals surface area contributed by atoms with Gasteiger partial charge in [-0.05, 0) is 29.8 Å². The van der Waals surface area contributed by atoms with Crippen LogP contribution in [0.25, 0.3) is 11.0 Å². The first-order valence-corrected chi connectivity index (χ1v) is 8.75. The second-order valence-electron chi connectivity index (χ2n) is 5.43. The number of hydrogen-bond donors (Lipinski definition) is 0. The summed E-state index contributed by atoms with van der Waals surface area (Å²) in [5.74, 6) is 0.689. The van der Waals surface area contributed by atoms with Crippen LogP contribution in [0, 0.1) is 0 Å². The Morgan fingerprint density at radius 3 is 2.67 bits per heavy atom. The summed E-state index contributed by atoms with van der Waals surface area (Å²) in [5.41, 5.74) is 1.76. The van der Waals surface area contributed by atoms with Gasteiger partial charge in [-0.25, -0.2) is 8.42 Å². The highest BCUT2D eigenvalue weighted by Gasteiger charge is 2.25. The molecule has 0 N–H and O–H groups in total. The minimum atomic E-state index is -3.69. The molecule has 24 heavy (non-hydrogen) atoms. The number of sulfonamides is 1. The molecular weight excluding hydrogens is 328 g/mol. The summed E-state index contributed by atoms with van der Waals surface area (Å²) in [7, 11) is 1.09. The van der Waals surface area contributed by atoms with Crippen molar-refractivity contribution >= 4 is 21.1 Å². The fourth-order valence-corrected chi connectivity index (χ4v) is 3.80. The third-order valence-electron chi connectivity index (χ3n) is 3.70. The van der Waals surface area contributed by atoms with Crippen LogP contribution in [0.5, 0.6) is 5.75 Å². The second kappa shape index (κ2) is 6.21. The van der Waals surface area contributed by atoms with E-state index in [0.717, 1.165) is 5.56 Å². The summed E-state index contributed by atoms with van der Waals surface area (Å²) in [6, 6.07) is 12.3. The number of fused-ring (bicyclic) bond motifs is 1. The van der Waals surface area contributed by atoms with Crippen LogP contribution < -0.4 is 4.74 Å². The molecule has 8 heteroatoms. The minimum absolute atomic E-state index is 0.151. The van der Waals surface area contributed by atoms with Gasteiger partial charge in [-0.15, -0.1) is 0 Å². The van der Waals surface area contributed by atoms with Crippen molar-refractivity contribution in [2.45, 2.75) is 11.4 Å². The lowest BCUT2D eigenvalue weighted by atomic mass is 10.2. The number of methoxy groups -OCH3 is 1. The first kappa shape index (κ1) is 16.4. The Morgan fingerprint density at radius 2 is 1.92 bits per heavy atom. The van der Waals surface area contributed by atoms with Crippen LogP contribution in [-0.2, 0) is 23.6 Å². The molecule has 0 spiro atoms. The maximum atomic E-state index is 12.9. The van der Waals surface area contributed by atoms with Crippen molar-refractivity contribution < 1.29 is 13.2 Å². The molecule has 1 heterocycles. The van der Waals surface area contributed by atoms with Crippen molar-refractivity contribution in [1.29, 1.82) is 0 Å². The van der Waals surface area contributed by atoms with Crippen LogP contribution in [0.15, 0.2) is 47.4 Å². The third kappa shape index (κ3) is 2.98. The topological polar surface area (TPSA) is 77.3 Å². The van der Waals surface area contributed by atoms with Crippen molar-refractivity contribution in [1.82, 2.24) is 19.3 Å². The minimum Gasteiger partial charge on any atom is -0.497 e. The average Bonchev–Trinajstić information content (AvgIpc) is 2.94. The highest BCUT2D eigenvalue weighted by atomic mass is 32.2. The van der Waals surface area contributed by atoms with Gasteiger partial charge in [0, 0.05) is 20.6 Å². The van der Waals surface area contributed by atoms with Crippen molar-refractivity contribution in [2.75, 3.05) is 14.2 Å². The summed E-state index contributed by atoms with van der Waals surface area (Å²) in [5, 5.41) is 8.34. The average molecular weight is 346 g/mol. The van der Waals surface area contributed by atoms with Crippen molar-refractivity contribution in [3.63, 3.8) is 0 Å². The zero-order chi connectivity index (χ0) is 17.3. The second-order valence-corrected chi connectivity index (χ2v) is 7.44. The molecule has 0 atom stereocenters. The largest absolute Gasteiger partial charge is 0.497 e. The van der Waals surface area contributed by atoms with Gasteiger partial charge in [-0.3, -0.25) is 0 Å². The van der Waals surface area contributed by atoms with E-state index in [0.29, 0.717) is 16.8 Å². The predicted octanol–water partition coefficient (Wildman–Crippen LogP) is 1.80. The van der Waals surface area contributed by atoms with Gasteiger partial charge in [0.2, 0.25) is 10.0 Å². The highest BCUT2D eigenvalue weighted by molar-refractivity contribution is 7.89. The normalized spacial score (nSPS) is 12.0. The molecule has 3 aromatic rings. The molecule has 0 aliphatic carbocycles. The van der Waals surface area contributed by atoms with Gasteiger partial charge in [0.15, 0.2) is 0 Å². The Bertz CT molecular complexity index is 982. The summed E-state index contributed by atoms with van der Waals surface area (Å²) in [6.45, 7) is 0.232. The zero-order valence-corrected chi connectivity index (χ0v) is 14.5. The van der Waals surface area contributed by atoms with Crippen LogP contribution in [0.2, 0.25) is 0 Å². The fraction of sp³-hybridized carbons (Fsp3) is 0.250. The smallest absolute Gasteiger partial charge is 0.245 e. The number of aryl methyl sites for hydroxylation is 1. The standard InChI is InChI=1S/C16H18N4O3S/c1-19(11-12-6-4-7-13(10-12)23-3)24(21,22)15-9-5-8-14-16(15)18-20(2)17-14/h4-10H,11H2,1-3H3. The van der Waals surface area contributed by atoms with E-state index in [1.807, 2.05) is 24.3 Å². The van der Waals surface area contributed by atoms with Crippen LogP contribution in [0.3, 0.4) is 0 Å². The molecule has 0 amide bonds. The molecule has 0 saturated heterocycles. The Labute approximate surface area is 140 Å². The van der Waals surface area contributed by atoms with Gasteiger partial charge < -0.3 is 4.74 Å². The van der Waals surface area contributed by atoms with E-state index in [2.05, 4.69) is 10.2 Å². The maximum Gasteiger partial charge on any atom is 0.245 e. The number of hydrogen-bond acceptors (Lipinski definition) is 5. The first-order valence-electron chi connectivity index (χ1n) is 7.31. The Kier molecular flexibility index (Phi) is 4.25. The lowest BCUT2D eigenvalue weighted by Gasteiger charge is -2.17. The molecule has 0 bridgehead atoms. The monoisotopic (exact) mass is 346 g/mol. The van der Waals surface area contributed by atoms with E-state index in [4.69, 9.17) is 4.74 Å². The van der Waals surface area contributed by atoms with Gasteiger partial charge >= 0.3 is 0 Å². The van der Waals surface area contributed by atoms with E-state index in [1.54, 1.807) is 39.4 Å². The van der Waals surface area contributed by atoms with Gasteiger partial charge in [0.1, 0.15) is 21.7 Å². The molecule has 3 rings (SSSR count). The summed E-state index contributed by atoms with van der Waals surface area (Å²) >= 11 is 0. The molecule has 0 radical (unpaired) electrons. The van der Waals surface area contributed by atoms with E-state index < -0.39 is 10.0 Å². The molecule has 2 aromatic carbocycles. The van der Waals surface area contributed by atoms with Gasteiger partial charge in [-0.2, -0.15) is 19.3 Å². The Morgan fingerprint density at radius 1 is 1.17 bits per heavy atom. The zero-order valence-electron chi connectivity index (χ0n) is 13.7.